The van der Waals surface area contributed by atoms with E-state index < -0.39 is 15.9 Å². The van der Waals surface area contributed by atoms with Crippen molar-refractivity contribution in [1.82, 2.24) is 5.32 Å². The Balaban J connectivity index is 1.93. The first-order valence-corrected chi connectivity index (χ1v) is 10.3. The molecule has 0 aliphatic carbocycles. The molecule has 1 amide bonds. The predicted molar refractivity (Wildman–Crippen MR) is 107 cm³/mol. The molecule has 2 aromatic rings. The van der Waals surface area contributed by atoms with Crippen molar-refractivity contribution >= 4 is 21.6 Å². The van der Waals surface area contributed by atoms with Crippen molar-refractivity contribution in [2.75, 3.05) is 44.5 Å². The van der Waals surface area contributed by atoms with Gasteiger partial charge in [0, 0.05) is 6.07 Å². The number of hydrogen-bond acceptors (Lipinski definition) is 6. The minimum absolute atomic E-state index is 0.212. The number of rotatable bonds is 10. The molecule has 0 spiro atoms. The molecule has 0 radical (unpaired) electrons. The number of nitrogens with zero attached hydrogens (tertiary/aromatic N) is 1. The number of amides is 1. The third-order valence-electron chi connectivity index (χ3n) is 3.78. The Morgan fingerprint density at radius 1 is 1.04 bits per heavy atom. The first-order chi connectivity index (χ1) is 13.3. The van der Waals surface area contributed by atoms with Crippen LogP contribution in [-0.2, 0) is 14.8 Å². The molecule has 0 fully saturated rings. The van der Waals surface area contributed by atoms with Crippen LogP contribution in [0.25, 0.3) is 0 Å². The molecule has 0 saturated carbocycles. The SMILES string of the molecule is COc1cccc(N(CC(=O)NCCOc2ccccc2OC)S(C)(=O)=O)c1. The van der Waals surface area contributed by atoms with E-state index in [0.717, 1.165) is 10.6 Å². The molecule has 0 aliphatic heterocycles. The molecule has 28 heavy (non-hydrogen) atoms. The maximum atomic E-state index is 12.2. The minimum atomic E-state index is -3.65. The Morgan fingerprint density at radius 2 is 1.75 bits per heavy atom. The summed E-state index contributed by atoms with van der Waals surface area (Å²) in [5.41, 5.74) is 0.349. The Kier molecular flexibility index (Phi) is 7.51. The third kappa shape index (κ3) is 6.05. The van der Waals surface area contributed by atoms with Gasteiger partial charge in [-0.25, -0.2) is 8.42 Å². The number of carbonyl (C=O) groups excluding carboxylic acids is 1. The van der Waals surface area contributed by atoms with Crippen LogP contribution in [0.2, 0.25) is 0 Å². The smallest absolute Gasteiger partial charge is 0.240 e. The maximum Gasteiger partial charge on any atom is 0.240 e. The van der Waals surface area contributed by atoms with E-state index in [4.69, 9.17) is 14.2 Å². The zero-order valence-electron chi connectivity index (χ0n) is 16.0. The molecule has 2 rings (SSSR count). The van der Waals surface area contributed by atoms with Gasteiger partial charge >= 0.3 is 0 Å². The normalized spacial score (nSPS) is 10.8. The molecule has 1 N–H and O–H groups in total. The number of methoxy groups -OCH3 is 2. The fourth-order valence-corrected chi connectivity index (χ4v) is 3.29. The lowest BCUT2D eigenvalue weighted by Gasteiger charge is -2.22. The van der Waals surface area contributed by atoms with Gasteiger partial charge in [-0.3, -0.25) is 9.10 Å². The third-order valence-corrected chi connectivity index (χ3v) is 4.92. The quantitative estimate of drug-likeness (QED) is 0.601. The first kappa shape index (κ1) is 21.4. The van der Waals surface area contributed by atoms with Gasteiger partial charge in [0.15, 0.2) is 11.5 Å². The predicted octanol–water partition coefficient (Wildman–Crippen LogP) is 1.67. The topological polar surface area (TPSA) is 94.2 Å². The van der Waals surface area contributed by atoms with Crippen molar-refractivity contribution in [3.05, 3.63) is 48.5 Å². The van der Waals surface area contributed by atoms with Crippen LogP contribution in [0.15, 0.2) is 48.5 Å². The van der Waals surface area contributed by atoms with E-state index in [9.17, 15) is 13.2 Å². The number of nitrogens with one attached hydrogen (secondary N) is 1. The van der Waals surface area contributed by atoms with E-state index in [1.54, 1.807) is 43.5 Å². The first-order valence-electron chi connectivity index (χ1n) is 8.49. The highest BCUT2D eigenvalue weighted by molar-refractivity contribution is 7.92. The van der Waals surface area contributed by atoms with E-state index in [1.807, 2.05) is 12.1 Å². The number of carbonyl (C=O) groups is 1. The Hall–Kier alpha value is -2.94. The summed E-state index contributed by atoms with van der Waals surface area (Å²) < 4.78 is 41.1. The second-order valence-electron chi connectivity index (χ2n) is 5.82. The van der Waals surface area contributed by atoms with Crippen LogP contribution < -0.4 is 23.8 Å². The molecular formula is C19H24N2O6S. The number of para-hydroxylation sites is 2. The van der Waals surface area contributed by atoms with Gasteiger partial charge in [-0.15, -0.1) is 0 Å². The highest BCUT2D eigenvalue weighted by Gasteiger charge is 2.21. The monoisotopic (exact) mass is 408 g/mol. The molecule has 152 valence electrons. The average Bonchev–Trinajstić information content (AvgIpc) is 2.68. The molecule has 8 nitrogen and oxygen atoms in total. The molecule has 0 aliphatic rings. The zero-order valence-corrected chi connectivity index (χ0v) is 16.9. The van der Waals surface area contributed by atoms with Gasteiger partial charge in [0.05, 0.1) is 32.7 Å². The van der Waals surface area contributed by atoms with Gasteiger partial charge < -0.3 is 19.5 Å². The lowest BCUT2D eigenvalue weighted by atomic mass is 10.3. The number of hydrogen-bond donors (Lipinski definition) is 1. The maximum absolute atomic E-state index is 12.2. The summed E-state index contributed by atoms with van der Waals surface area (Å²) >= 11 is 0. The van der Waals surface area contributed by atoms with Crippen molar-refractivity contribution in [1.29, 1.82) is 0 Å². The number of benzene rings is 2. The fourth-order valence-electron chi connectivity index (χ4n) is 2.44. The van der Waals surface area contributed by atoms with Crippen LogP contribution in [-0.4, -0.2) is 54.5 Å². The van der Waals surface area contributed by atoms with Crippen LogP contribution >= 0.6 is 0 Å². The zero-order chi connectivity index (χ0) is 20.6. The lowest BCUT2D eigenvalue weighted by molar-refractivity contribution is -0.119. The Morgan fingerprint density at radius 3 is 2.39 bits per heavy atom. The number of ether oxygens (including phenoxy) is 3. The summed E-state index contributed by atoms with van der Waals surface area (Å²) in [5.74, 6) is 1.21. The largest absolute Gasteiger partial charge is 0.497 e. The van der Waals surface area contributed by atoms with Crippen LogP contribution in [0.5, 0.6) is 17.2 Å². The van der Waals surface area contributed by atoms with E-state index in [0.29, 0.717) is 22.9 Å². The van der Waals surface area contributed by atoms with E-state index in [1.165, 1.54) is 7.11 Å². The van der Waals surface area contributed by atoms with Crippen molar-refractivity contribution < 1.29 is 27.4 Å². The fraction of sp³-hybridized carbons (Fsp3) is 0.316. The van der Waals surface area contributed by atoms with E-state index in [-0.39, 0.29) is 19.7 Å². The van der Waals surface area contributed by atoms with E-state index in [2.05, 4.69) is 5.32 Å². The lowest BCUT2D eigenvalue weighted by Crippen LogP contribution is -2.41. The van der Waals surface area contributed by atoms with Crippen LogP contribution in [0, 0.1) is 0 Å². The van der Waals surface area contributed by atoms with Crippen molar-refractivity contribution in [2.45, 2.75) is 0 Å². The molecule has 2 aromatic carbocycles. The molecule has 0 bridgehead atoms. The molecule has 0 unspecified atom stereocenters. The van der Waals surface area contributed by atoms with Gasteiger partial charge in [0.25, 0.3) is 0 Å². The summed E-state index contributed by atoms with van der Waals surface area (Å²) in [6, 6.07) is 13.7. The summed E-state index contributed by atoms with van der Waals surface area (Å²) in [4.78, 5) is 12.2. The van der Waals surface area contributed by atoms with Gasteiger partial charge in [-0.2, -0.15) is 0 Å². The molecule has 0 atom stereocenters. The highest BCUT2D eigenvalue weighted by Crippen LogP contribution is 2.25. The van der Waals surface area contributed by atoms with E-state index >= 15 is 0 Å². The average molecular weight is 408 g/mol. The summed E-state index contributed by atoms with van der Waals surface area (Å²) in [5, 5.41) is 2.65. The summed E-state index contributed by atoms with van der Waals surface area (Å²) in [7, 11) is -0.623. The van der Waals surface area contributed by atoms with Crippen molar-refractivity contribution in [3.63, 3.8) is 0 Å². The summed E-state index contributed by atoms with van der Waals surface area (Å²) in [6.45, 7) is 0.0808. The van der Waals surface area contributed by atoms with Crippen molar-refractivity contribution in [3.8, 4) is 17.2 Å². The Bertz CT molecular complexity index is 901. The minimum Gasteiger partial charge on any atom is -0.497 e. The molecular weight excluding hydrogens is 384 g/mol. The molecule has 0 aromatic heterocycles. The van der Waals surface area contributed by atoms with Crippen LogP contribution in [0.1, 0.15) is 0 Å². The number of anilines is 1. The van der Waals surface area contributed by atoms with Crippen LogP contribution in [0.3, 0.4) is 0 Å². The molecule has 0 heterocycles. The van der Waals surface area contributed by atoms with Gasteiger partial charge in [0.1, 0.15) is 18.9 Å². The van der Waals surface area contributed by atoms with Crippen LogP contribution in [0.4, 0.5) is 5.69 Å². The standard InChI is InChI=1S/C19H24N2O6S/c1-25-16-8-6-7-15(13-16)21(28(3,23)24)14-19(22)20-11-12-27-18-10-5-4-9-17(18)26-2/h4-10,13H,11-12,14H2,1-3H3,(H,20,22). The molecule has 0 saturated heterocycles. The molecule has 9 heteroatoms. The van der Waals surface area contributed by atoms with Gasteiger partial charge in [0.2, 0.25) is 15.9 Å². The second-order valence-corrected chi connectivity index (χ2v) is 7.73. The Labute approximate surface area is 165 Å². The highest BCUT2D eigenvalue weighted by atomic mass is 32.2. The van der Waals surface area contributed by atoms with Crippen molar-refractivity contribution in [2.24, 2.45) is 0 Å². The van der Waals surface area contributed by atoms with Gasteiger partial charge in [-0.1, -0.05) is 18.2 Å². The van der Waals surface area contributed by atoms with Gasteiger partial charge in [-0.05, 0) is 24.3 Å². The number of sulfonamides is 1. The summed E-state index contributed by atoms with van der Waals surface area (Å²) in [6.07, 6.45) is 1.05. The second kappa shape index (κ2) is 9.84.